The maximum Gasteiger partial charge on any atom is 0.294 e. The van der Waals surface area contributed by atoms with Crippen LogP contribution < -0.4 is 10.1 Å². The summed E-state index contributed by atoms with van der Waals surface area (Å²) in [6, 6.07) is 7.89. The number of hydrogen-bond donors (Lipinski definition) is 2. The molecule has 2 aliphatic rings. The molecule has 3 aromatic rings. The van der Waals surface area contributed by atoms with E-state index in [0.717, 1.165) is 24.2 Å². The molecule has 7 nitrogen and oxygen atoms in total. The highest BCUT2D eigenvalue weighted by Gasteiger charge is 2.43. The number of hydrogen-bond acceptors (Lipinski definition) is 7. The molecule has 0 amide bonds. The number of piperidine rings is 2. The molecule has 2 N–H and O–H groups in total. The topological polar surface area (TPSA) is 85.1 Å². The molecule has 0 saturated carbocycles. The van der Waals surface area contributed by atoms with Crippen molar-refractivity contribution in [2.75, 3.05) is 0 Å². The predicted molar refractivity (Wildman–Crippen MR) is 116 cm³/mol. The molecule has 4 unspecified atom stereocenters. The molecule has 0 aliphatic carbocycles. The van der Waals surface area contributed by atoms with Gasteiger partial charge in [-0.25, -0.2) is 4.68 Å². The van der Waals surface area contributed by atoms with Crippen LogP contribution in [0.1, 0.15) is 45.2 Å². The molecule has 2 aromatic heterocycles. The van der Waals surface area contributed by atoms with Crippen molar-refractivity contribution in [3.8, 4) is 27.2 Å². The van der Waals surface area contributed by atoms with Gasteiger partial charge in [0.25, 0.3) is 5.19 Å². The van der Waals surface area contributed by atoms with E-state index in [2.05, 4.69) is 34.5 Å². The van der Waals surface area contributed by atoms with Gasteiger partial charge in [-0.3, -0.25) is 0 Å². The van der Waals surface area contributed by atoms with E-state index in [1.807, 2.05) is 31.3 Å². The summed E-state index contributed by atoms with van der Waals surface area (Å²) in [5.41, 5.74) is 2.52. The highest BCUT2D eigenvalue weighted by molar-refractivity contribution is 7.16. The largest absolute Gasteiger partial charge is 0.507 e. The van der Waals surface area contributed by atoms with Crippen LogP contribution in [0.5, 0.6) is 10.9 Å². The van der Waals surface area contributed by atoms with Gasteiger partial charge in [0, 0.05) is 36.7 Å². The van der Waals surface area contributed by atoms with Gasteiger partial charge in [-0.05, 0) is 50.8 Å². The molecule has 2 aliphatic heterocycles. The number of ether oxygens (including phenoxy) is 1. The Morgan fingerprint density at radius 3 is 2.93 bits per heavy atom. The van der Waals surface area contributed by atoms with Crippen molar-refractivity contribution in [3.05, 3.63) is 36.2 Å². The van der Waals surface area contributed by atoms with Gasteiger partial charge >= 0.3 is 0 Å². The predicted octanol–water partition coefficient (Wildman–Crippen LogP) is 4.09. The fourth-order valence-electron chi connectivity index (χ4n) is 4.73. The maximum absolute atomic E-state index is 10.6. The van der Waals surface area contributed by atoms with Crippen molar-refractivity contribution < 1.29 is 9.84 Å². The molecular formula is C22H27N5O2S. The van der Waals surface area contributed by atoms with E-state index in [-0.39, 0.29) is 17.4 Å². The SMILES string of the molecule is Cc1ccn(-c2ccc(-c3nnc(OC4CC5NC(C)(CCC5C)C4)s3)c(O)c2)n1. The van der Waals surface area contributed by atoms with Crippen LogP contribution >= 0.6 is 11.3 Å². The van der Waals surface area contributed by atoms with E-state index in [0.29, 0.717) is 27.7 Å². The van der Waals surface area contributed by atoms with Crippen molar-refractivity contribution in [3.63, 3.8) is 0 Å². The van der Waals surface area contributed by atoms with Gasteiger partial charge in [0.15, 0.2) is 5.01 Å². The molecule has 2 bridgehead atoms. The molecule has 2 fully saturated rings. The Hall–Kier alpha value is -2.45. The molecular weight excluding hydrogens is 398 g/mol. The molecule has 4 heterocycles. The summed E-state index contributed by atoms with van der Waals surface area (Å²) in [5, 5.41) is 28.5. The Kier molecular flexibility index (Phi) is 4.78. The fraction of sp³-hybridized carbons (Fsp3) is 0.500. The molecule has 2 saturated heterocycles. The van der Waals surface area contributed by atoms with E-state index in [1.165, 1.54) is 24.2 Å². The van der Waals surface area contributed by atoms with Crippen molar-refractivity contribution in [2.24, 2.45) is 5.92 Å². The lowest BCUT2D eigenvalue weighted by Crippen LogP contribution is -2.61. The van der Waals surface area contributed by atoms with Crippen LogP contribution in [0.4, 0.5) is 0 Å². The normalized spacial score (nSPS) is 28.4. The van der Waals surface area contributed by atoms with Crippen molar-refractivity contribution in [1.82, 2.24) is 25.3 Å². The van der Waals surface area contributed by atoms with Gasteiger partial charge in [0.05, 0.1) is 16.9 Å². The van der Waals surface area contributed by atoms with Crippen LogP contribution in [-0.4, -0.2) is 42.8 Å². The quantitative estimate of drug-likeness (QED) is 0.655. The zero-order valence-corrected chi connectivity index (χ0v) is 18.3. The van der Waals surface area contributed by atoms with Crippen LogP contribution in [0.25, 0.3) is 16.3 Å². The lowest BCUT2D eigenvalue weighted by atomic mass is 9.72. The Bertz CT molecular complexity index is 1060. The minimum absolute atomic E-state index is 0.142. The summed E-state index contributed by atoms with van der Waals surface area (Å²) < 4.78 is 7.99. The number of nitrogens with one attached hydrogen (secondary N) is 1. The average Bonchev–Trinajstić information content (AvgIpc) is 3.34. The lowest BCUT2D eigenvalue weighted by molar-refractivity contribution is 0.0284. The Morgan fingerprint density at radius 2 is 2.17 bits per heavy atom. The third-order valence-electron chi connectivity index (χ3n) is 6.44. The van der Waals surface area contributed by atoms with E-state index in [4.69, 9.17) is 4.74 Å². The van der Waals surface area contributed by atoms with E-state index >= 15 is 0 Å². The van der Waals surface area contributed by atoms with Gasteiger partial charge in [0.1, 0.15) is 11.9 Å². The van der Waals surface area contributed by atoms with Crippen molar-refractivity contribution >= 4 is 11.3 Å². The third-order valence-corrected chi connectivity index (χ3v) is 7.29. The number of rotatable bonds is 4. The molecule has 8 heteroatoms. The Balaban J connectivity index is 1.32. The summed E-state index contributed by atoms with van der Waals surface area (Å²) in [5.74, 6) is 0.824. The minimum Gasteiger partial charge on any atom is -0.507 e. The number of benzene rings is 1. The summed E-state index contributed by atoms with van der Waals surface area (Å²) in [6.45, 7) is 6.55. The first-order chi connectivity index (χ1) is 14.4. The smallest absolute Gasteiger partial charge is 0.294 e. The molecule has 5 rings (SSSR count). The van der Waals surface area contributed by atoms with E-state index < -0.39 is 0 Å². The molecule has 0 spiro atoms. The summed E-state index contributed by atoms with van der Waals surface area (Å²) in [6.07, 6.45) is 6.45. The van der Waals surface area contributed by atoms with Gasteiger partial charge in [-0.1, -0.05) is 23.4 Å². The Labute approximate surface area is 180 Å². The second-order valence-electron chi connectivity index (χ2n) is 8.98. The molecule has 30 heavy (non-hydrogen) atoms. The Morgan fingerprint density at radius 1 is 1.30 bits per heavy atom. The van der Waals surface area contributed by atoms with E-state index in [9.17, 15) is 5.11 Å². The second-order valence-corrected chi connectivity index (χ2v) is 9.92. The third kappa shape index (κ3) is 3.70. The van der Waals surface area contributed by atoms with Gasteiger partial charge in [-0.2, -0.15) is 5.10 Å². The molecule has 0 radical (unpaired) electrons. The summed E-state index contributed by atoms with van der Waals surface area (Å²) in [7, 11) is 0. The summed E-state index contributed by atoms with van der Waals surface area (Å²) >= 11 is 1.38. The molecule has 1 aromatic carbocycles. The monoisotopic (exact) mass is 425 g/mol. The number of aromatic nitrogens is 4. The zero-order chi connectivity index (χ0) is 20.9. The number of nitrogens with zero attached hydrogens (tertiary/aromatic N) is 4. The number of fused-ring (bicyclic) bond motifs is 2. The van der Waals surface area contributed by atoms with Crippen LogP contribution in [-0.2, 0) is 0 Å². The summed E-state index contributed by atoms with van der Waals surface area (Å²) in [4.78, 5) is 0. The van der Waals surface area contributed by atoms with Crippen LogP contribution in [0.2, 0.25) is 0 Å². The first kappa shape index (κ1) is 19.5. The second kappa shape index (κ2) is 7.35. The van der Waals surface area contributed by atoms with Gasteiger partial charge < -0.3 is 15.2 Å². The van der Waals surface area contributed by atoms with Gasteiger partial charge in [-0.15, -0.1) is 5.10 Å². The maximum atomic E-state index is 10.6. The average molecular weight is 426 g/mol. The first-order valence-corrected chi connectivity index (χ1v) is 11.3. The van der Waals surface area contributed by atoms with Crippen molar-refractivity contribution in [2.45, 2.75) is 64.1 Å². The zero-order valence-electron chi connectivity index (χ0n) is 17.5. The highest BCUT2D eigenvalue weighted by Crippen LogP contribution is 2.40. The fourth-order valence-corrected chi connectivity index (χ4v) is 5.53. The first-order valence-electron chi connectivity index (χ1n) is 10.5. The lowest BCUT2D eigenvalue weighted by Gasteiger charge is -2.49. The van der Waals surface area contributed by atoms with Gasteiger partial charge in [0.2, 0.25) is 0 Å². The standard InChI is InChI=1S/C22H27N5O2S/c1-13-6-8-22(3)12-16(11-18(13)23-22)29-21-25-24-20(30-21)17-5-4-15(10-19(17)28)27-9-7-14(2)26-27/h4-5,7,9-10,13,16,18,23,28H,6,8,11-12H2,1-3H3. The molecule has 4 atom stereocenters. The number of phenols is 1. The number of phenolic OH excluding ortho intramolecular Hbond substituents is 1. The van der Waals surface area contributed by atoms with Crippen LogP contribution in [0, 0.1) is 12.8 Å². The highest BCUT2D eigenvalue weighted by atomic mass is 32.1. The van der Waals surface area contributed by atoms with E-state index in [1.54, 1.807) is 10.7 Å². The molecule has 158 valence electrons. The number of aryl methyl sites for hydroxylation is 1. The van der Waals surface area contributed by atoms with Crippen LogP contribution in [0.15, 0.2) is 30.5 Å². The number of aromatic hydroxyl groups is 1. The minimum atomic E-state index is 0.142. The van der Waals surface area contributed by atoms with Crippen LogP contribution in [0.3, 0.4) is 0 Å². The van der Waals surface area contributed by atoms with Crippen molar-refractivity contribution in [1.29, 1.82) is 0 Å².